The maximum absolute atomic E-state index is 11.9. The highest BCUT2D eigenvalue weighted by Gasteiger charge is 2.32. The molecule has 1 aromatic rings. The van der Waals surface area contributed by atoms with Crippen LogP contribution < -0.4 is 0 Å². The van der Waals surface area contributed by atoms with E-state index in [1.807, 2.05) is 6.92 Å². The van der Waals surface area contributed by atoms with Gasteiger partial charge in [-0.1, -0.05) is 44.0 Å². The second-order valence-corrected chi connectivity index (χ2v) is 5.89. The standard InChI is InChI=1S/C13H19O4P/c1-3-4-7-10-17-18(15,16)13(14)12-9-6-5-8-11(12)2/h5-6,8-9H,3-4,7,10H2,1-2H3,(H,15,16). The van der Waals surface area contributed by atoms with Crippen molar-refractivity contribution in [2.75, 3.05) is 6.61 Å². The highest BCUT2D eigenvalue weighted by atomic mass is 31.2. The lowest BCUT2D eigenvalue weighted by atomic mass is 10.1. The molecule has 1 rings (SSSR count). The van der Waals surface area contributed by atoms with E-state index >= 15 is 0 Å². The van der Waals surface area contributed by atoms with Crippen LogP contribution in [0.5, 0.6) is 0 Å². The summed E-state index contributed by atoms with van der Waals surface area (Å²) >= 11 is 0. The van der Waals surface area contributed by atoms with E-state index in [2.05, 4.69) is 0 Å². The van der Waals surface area contributed by atoms with Gasteiger partial charge in [0.25, 0.3) is 5.52 Å². The topological polar surface area (TPSA) is 63.6 Å². The fourth-order valence-corrected chi connectivity index (χ4v) is 2.61. The molecule has 18 heavy (non-hydrogen) atoms. The largest absolute Gasteiger partial charge is 0.399 e. The van der Waals surface area contributed by atoms with Gasteiger partial charge < -0.3 is 9.42 Å². The van der Waals surface area contributed by atoms with Crippen molar-refractivity contribution in [2.45, 2.75) is 33.1 Å². The zero-order chi connectivity index (χ0) is 13.6. The summed E-state index contributed by atoms with van der Waals surface area (Å²) in [6.07, 6.45) is 2.59. The van der Waals surface area contributed by atoms with Crippen molar-refractivity contribution in [3.05, 3.63) is 35.4 Å². The van der Waals surface area contributed by atoms with Gasteiger partial charge in [-0.2, -0.15) is 0 Å². The number of carbonyl (C=O) groups excluding carboxylic acids is 1. The smallest absolute Gasteiger partial charge is 0.319 e. The first-order valence-electron chi connectivity index (χ1n) is 6.07. The highest BCUT2D eigenvalue weighted by Crippen LogP contribution is 2.46. The summed E-state index contributed by atoms with van der Waals surface area (Å²) in [5.41, 5.74) is 0.102. The molecule has 0 radical (unpaired) electrons. The van der Waals surface area contributed by atoms with Crippen molar-refractivity contribution in [3.8, 4) is 0 Å². The van der Waals surface area contributed by atoms with E-state index in [4.69, 9.17) is 4.52 Å². The summed E-state index contributed by atoms with van der Waals surface area (Å²) in [6, 6.07) is 6.70. The Hall–Kier alpha value is -0.960. The maximum atomic E-state index is 11.9. The summed E-state index contributed by atoms with van der Waals surface area (Å²) in [6.45, 7) is 3.89. The van der Waals surface area contributed by atoms with Crippen LogP contribution in [0.15, 0.2) is 24.3 Å². The van der Waals surface area contributed by atoms with E-state index in [0.29, 0.717) is 12.0 Å². The average molecular weight is 270 g/mol. The molecule has 0 bridgehead atoms. The number of hydrogen-bond donors (Lipinski definition) is 1. The molecule has 0 aliphatic rings. The van der Waals surface area contributed by atoms with E-state index in [9.17, 15) is 14.3 Å². The number of unbranched alkanes of at least 4 members (excludes halogenated alkanes) is 2. The van der Waals surface area contributed by atoms with Gasteiger partial charge in [-0.05, 0) is 18.9 Å². The Morgan fingerprint density at radius 2 is 2.00 bits per heavy atom. The van der Waals surface area contributed by atoms with Crippen LogP contribution in [-0.2, 0) is 9.09 Å². The van der Waals surface area contributed by atoms with Gasteiger partial charge >= 0.3 is 7.60 Å². The molecule has 5 heteroatoms. The van der Waals surface area contributed by atoms with Crippen molar-refractivity contribution >= 4 is 13.1 Å². The number of benzene rings is 1. The van der Waals surface area contributed by atoms with Crippen LogP contribution in [-0.4, -0.2) is 17.0 Å². The van der Waals surface area contributed by atoms with Gasteiger partial charge in [-0.25, -0.2) is 0 Å². The average Bonchev–Trinajstić information content (AvgIpc) is 2.34. The SMILES string of the molecule is CCCCCOP(=O)(O)C(=O)c1ccccc1C. The zero-order valence-electron chi connectivity index (χ0n) is 10.8. The summed E-state index contributed by atoms with van der Waals surface area (Å²) in [5, 5.41) is 0. The van der Waals surface area contributed by atoms with Crippen LogP contribution in [0.4, 0.5) is 0 Å². The molecule has 1 N–H and O–H groups in total. The lowest BCUT2D eigenvalue weighted by Crippen LogP contribution is -2.06. The second-order valence-electron chi connectivity index (χ2n) is 4.18. The summed E-state index contributed by atoms with van der Waals surface area (Å²) in [4.78, 5) is 21.6. The van der Waals surface area contributed by atoms with Gasteiger partial charge in [0, 0.05) is 5.56 Å². The molecule has 1 aromatic carbocycles. The third kappa shape index (κ3) is 4.05. The number of rotatable bonds is 7. The minimum Gasteiger partial charge on any atom is -0.319 e. The lowest BCUT2D eigenvalue weighted by molar-refractivity contribution is 0.102. The van der Waals surface area contributed by atoms with Crippen molar-refractivity contribution in [1.29, 1.82) is 0 Å². The predicted octanol–water partition coefficient (Wildman–Crippen LogP) is 3.53. The van der Waals surface area contributed by atoms with Gasteiger partial charge in [0.2, 0.25) is 0 Å². The molecule has 100 valence electrons. The van der Waals surface area contributed by atoms with Crippen LogP contribution in [0.3, 0.4) is 0 Å². The van der Waals surface area contributed by atoms with E-state index in [-0.39, 0.29) is 12.2 Å². The van der Waals surface area contributed by atoms with Crippen molar-refractivity contribution < 1.29 is 18.8 Å². The van der Waals surface area contributed by atoms with Gasteiger partial charge in [0.05, 0.1) is 6.61 Å². The Morgan fingerprint density at radius 1 is 1.33 bits per heavy atom. The molecule has 0 aromatic heterocycles. The Balaban J connectivity index is 2.70. The molecule has 0 amide bonds. The molecular weight excluding hydrogens is 251 g/mol. The van der Waals surface area contributed by atoms with E-state index < -0.39 is 13.1 Å². The van der Waals surface area contributed by atoms with Gasteiger partial charge in [0.1, 0.15) is 0 Å². The molecule has 0 heterocycles. The monoisotopic (exact) mass is 270 g/mol. The quantitative estimate of drug-likeness (QED) is 0.608. The summed E-state index contributed by atoms with van der Waals surface area (Å²) < 4.78 is 16.7. The third-order valence-electron chi connectivity index (χ3n) is 2.65. The maximum Gasteiger partial charge on any atom is 0.399 e. The zero-order valence-corrected chi connectivity index (χ0v) is 11.7. The van der Waals surface area contributed by atoms with Crippen LogP contribution in [0.25, 0.3) is 0 Å². The summed E-state index contributed by atoms with van der Waals surface area (Å²) in [5.74, 6) is 0. The molecule has 0 spiro atoms. The fraction of sp³-hybridized carbons (Fsp3) is 0.462. The molecule has 0 fully saturated rings. The van der Waals surface area contributed by atoms with Crippen LogP contribution in [0.1, 0.15) is 42.1 Å². The molecule has 1 atom stereocenters. The minimum atomic E-state index is -4.21. The third-order valence-corrected chi connectivity index (χ3v) is 3.93. The summed E-state index contributed by atoms with van der Waals surface area (Å²) in [7, 11) is -4.21. The molecule has 4 nitrogen and oxygen atoms in total. The van der Waals surface area contributed by atoms with Crippen LogP contribution >= 0.6 is 7.60 Å². The number of aryl methyl sites for hydroxylation is 1. The van der Waals surface area contributed by atoms with Crippen molar-refractivity contribution in [2.24, 2.45) is 0 Å². The molecular formula is C13H19O4P. The number of hydrogen-bond acceptors (Lipinski definition) is 3. The first-order valence-corrected chi connectivity index (χ1v) is 7.64. The van der Waals surface area contributed by atoms with Crippen molar-refractivity contribution in [3.63, 3.8) is 0 Å². The Bertz CT molecular complexity index is 456. The highest BCUT2D eigenvalue weighted by molar-refractivity contribution is 7.71. The Kier molecular flexibility index (Phi) is 5.73. The predicted molar refractivity (Wildman–Crippen MR) is 70.8 cm³/mol. The van der Waals surface area contributed by atoms with Gasteiger partial charge in [-0.3, -0.25) is 9.36 Å². The first kappa shape index (κ1) is 15.1. The molecule has 0 aliphatic heterocycles. The number of carbonyl (C=O) groups is 1. The molecule has 0 saturated carbocycles. The fourth-order valence-electron chi connectivity index (χ4n) is 1.56. The van der Waals surface area contributed by atoms with E-state index in [1.165, 1.54) is 6.07 Å². The van der Waals surface area contributed by atoms with E-state index in [1.54, 1.807) is 25.1 Å². The van der Waals surface area contributed by atoms with Crippen molar-refractivity contribution in [1.82, 2.24) is 0 Å². The Labute approximate surface area is 108 Å². The minimum absolute atomic E-state index is 0.138. The van der Waals surface area contributed by atoms with Gasteiger partial charge in [-0.15, -0.1) is 0 Å². The van der Waals surface area contributed by atoms with E-state index in [0.717, 1.165) is 12.8 Å². The second kappa shape index (κ2) is 6.83. The molecule has 0 aliphatic carbocycles. The molecule has 1 unspecified atom stereocenters. The normalized spacial score (nSPS) is 14.2. The first-order chi connectivity index (χ1) is 8.49. The van der Waals surface area contributed by atoms with Crippen LogP contribution in [0.2, 0.25) is 0 Å². The van der Waals surface area contributed by atoms with Gasteiger partial charge in [0.15, 0.2) is 0 Å². The lowest BCUT2D eigenvalue weighted by Gasteiger charge is -2.12. The molecule has 0 saturated heterocycles. The van der Waals surface area contributed by atoms with Crippen LogP contribution in [0, 0.1) is 6.92 Å². The Morgan fingerprint density at radius 3 is 2.61 bits per heavy atom.